The highest BCUT2D eigenvalue weighted by molar-refractivity contribution is 7.98. The maximum Gasteiger partial charge on any atom is 0.246 e. The molecule has 6 heteroatoms. The molecule has 1 atom stereocenters. The van der Waals surface area contributed by atoms with E-state index in [1.807, 2.05) is 13.2 Å². The third-order valence-corrected chi connectivity index (χ3v) is 3.78. The lowest BCUT2D eigenvalue weighted by Gasteiger charge is -2.20. The van der Waals surface area contributed by atoms with Crippen LogP contribution < -0.4 is 10.1 Å². The van der Waals surface area contributed by atoms with Gasteiger partial charge in [0, 0.05) is 11.3 Å². The minimum absolute atomic E-state index is 0.0687. The normalized spacial score (nSPS) is 22.4. The number of thioether (sulfide) groups is 1. The van der Waals surface area contributed by atoms with Gasteiger partial charge in [-0.3, -0.25) is 0 Å². The average Bonchev–Trinajstić information content (AvgIpc) is 2.53. The van der Waals surface area contributed by atoms with Crippen LogP contribution in [0.2, 0.25) is 0 Å². The average molecular weight is 264 g/mol. The Morgan fingerprint density at radius 3 is 2.94 bits per heavy atom. The van der Waals surface area contributed by atoms with Crippen LogP contribution in [0.4, 0.5) is 0 Å². The molecule has 1 aliphatic heterocycles. The first-order valence-electron chi connectivity index (χ1n) is 6.22. The number of nitrogens with zero attached hydrogens (tertiary/aromatic N) is 3. The quantitative estimate of drug-likeness (QED) is 0.785. The molecule has 0 amide bonds. The van der Waals surface area contributed by atoms with Crippen molar-refractivity contribution < 1.29 is 4.74 Å². The van der Waals surface area contributed by atoms with Crippen LogP contribution in [-0.4, -0.2) is 27.7 Å². The van der Waals surface area contributed by atoms with Gasteiger partial charge in [-0.15, -0.1) is 10.2 Å². The van der Waals surface area contributed by atoms with Gasteiger partial charge in [-0.1, -0.05) is 11.8 Å². The molecule has 1 aliphatic carbocycles. The lowest BCUT2D eigenvalue weighted by atomic mass is 9.94. The molecule has 2 heterocycles. The van der Waals surface area contributed by atoms with E-state index in [4.69, 9.17) is 4.74 Å². The largest absolute Gasteiger partial charge is 0.452 e. The first-order chi connectivity index (χ1) is 8.78. The fraction of sp³-hybridized carbons (Fsp3) is 0.583. The van der Waals surface area contributed by atoms with Crippen LogP contribution in [0.1, 0.15) is 38.3 Å². The van der Waals surface area contributed by atoms with Gasteiger partial charge in [-0.25, -0.2) is 0 Å². The Balaban J connectivity index is 2.10. The van der Waals surface area contributed by atoms with Gasteiger partial charge < -0.3 is 10.1 Å². The summed E-state index contributed by atoms with van der Waals surface area (Å²) in [6.45, 7) is 2.00. The minimum atomic E-state index is -0.0687. The van der Waals surface area contributed by atoms with E-state index >= 15 is 0 Å². The molecule has 0 aromatic carbocycles. The molecule has 0 saturated carbocycles. The van der Waals surface area contributed by atoms with E-state index in [1.54, 1.807) is 0 Å². The Morgan fingerprint density at radius 2 is 2.11 bits per heavy atom. The Bertz CT molecular complexity index is 503. The smallest absolute Gasteiger partial charge is 0.246 e. The van der Waals surface area contributed by atoms with Gasteiger partial charge in [0.2, 0.25) is 11.0 Å². The number of fused-ring (bicyclic) bond motifs is 2. The van der Waals surface area contributed by atoms with E-state index < -0.39 is 0 Å². The van der Waals surface area contributed by atoms with Crippen LogP contribution in [0.3, 0.4) is 0 Å². The van der Waals surface area contributed by atoms with Crippen LogP contribution in [0.25, 0.3) is 5.57 Å². The van der Waals surface area contributed by atoms with Gasteiger partial charge in [0.25, 0.3) is 0 Å². The number of ether oxygens (including phenoxy) is 1. The molecule has 3 rings (SSSR count). The van der Waals surface area contributed by atoms with Crippen molar-refractivity contribution in [2.45, 2.75) is 44.0 Å². The summed E-state index contributed by atoms with van der Waals surface area (Å²) >= 11 is 1.48. The zero-order chi connectivity index (χ0) is 12.5. The lowest BCUT2D eigenvalue weighted by Crippen LogP contribution is -2.30. The molecule has 1 unspecified atom stereocenters. The van der Waals surface area contributed by atoms with E-state index in [2.05, 4.69) is 20.5 Å². The standard InChI is InChI=1S/C12H16N4OS/c1-7-13-9-6-4-3-5-8(9)10-11(17-7)14-12(18-2)16-15-10/h7,13H,3-6H2,1-2H3. The van der Waals surface area contributed by atoms with E-state index in [1.165, 1.54) is 35.9 Å². The zero-order valence-corrected chi connectivity index (χ0v) is 11.4. The second-order valence-corrected chi connectivity index (χ2v) is 5.29. The Kier molecular flexibility index (Phi) is 3.11. The zero-order valence-electron chi connectivity index (χ0n) is 10.6. The highest BCUT2D eigenvalue weighted by Gasteiger charge is 2.26. The van der Waals surface area contributed by atoms with Crippen LogP contribution in [0.15, 0.2) is 10.9 Å². The van der Waals surface area contributed by atoms with E-state index in [-0.39, 0.29) is 6.23 Å². The SMILES string of the molecule is CSc1nnc2c(n1)OC(C)NC1=C2CCCC1. The molecule has 0 bridgehead atoms. The van der Waals surface area contributed by atoms with Gasteiger partial charge in [0.15, 0.2) is 11.9 Å². The Labute approximate surface area is 110 Å². The van der Waals surface area contributed by atoms with E-state index in [9.17, 15) is 0 Å². The maximum absolute atomic E-state index is 5.81. The summed E-state index contributed by atoms with van der Waals surface area (Å²) in [5, 5.41) is 12.5. The van der Waals surface area contributed by atoms with Crippen LogP contribution in [0, 0.1) is 0 Å². The van der Waals surface area contributed by atoms with E-state index in [0.717, 1.165) is 18.5 Å². The molecule has 0 fully saturated rings. The molecule has 18 heavy (non-hydrogen) atoms. The lowest BCUT2D eigenvalue weighted by molar-refractivity contribution is 0.186. The van der Waals surface area contributed by atoms with E-state index in [0.29, 0.717) is 11.0 Å². The van der Waals surface area contributed by atoms with Crippen LogP contribution >= 0.6 is 11.8 Å². The summed E-state index contributed by atoms with van der Waals surface area (Å²) < 4.78 is 5.81. The number of hydrogen-bond acceptors (Lipinski definition) is 6. The van der Waals surface area contributed by atoms with Crippen molar-refractivity contribution in [2.75, 3.05) is 6.26 Å². The Morgan fingerprint density at radius 1 is 1.28 bits per heavy atom. The molecule has 1 N–H and O–H groups in total. The molecule has 0 saturated heterocycles. The predicted octanol–water partition coefficient (Wildman–Crippen LogP) is 2.21. The third kappa shape index (κ3) is 2.05. The third-order valence-electron chi connectivity index (χ3n) is 3.24. The first-order valence-corrected chi connectivity index (χ1v) is 7.44. The molecule has 0 spiro atoms. The van der Waals surface area contributed by atoms with Crippen molar-refractivity contribution in [1.82, 2.24) is 20.5 Å². The van der Waals surface area contributed by atoms with Crippen molar-refractivity contribution in [2.24, 2.45) is 0 Å². The first kappa shape index (κ1) is 11.8. The molecule has 96 valence electrons. The summed E-state index contributed by atoms with van der Waals surface area (Å²) in [5.41, 5.74) is 3.30. The maximum atomic E-state index is 5.81. The van der Waals surface area contributed by atoms with Crippen LogP contribution in [0.5, 0.6) is 5.88 Å². The second kappa shape index (κ2) is 4.76. The number of nitrogens with one attached hydrogen (secondary N) is 1. The molecule has 1 aromatic heterocycles. The summed E-state index contributed by atoms with van der Waals surface area (Å²) in [5.74, 6) is 0.612. The summed E-state index contributed by atoms with van der Waals surface area (Å²) in [6, 6.07) is 0. The molecule has 1 aromatic rings. The summed E-state index contributed by atoms with van der Waals surface area (Å²) in [4.78, 5) is 4.43. The van der Waals surface area contributed by atoms with Crippen molar-refractivity contribution in [3.8, 4) is 5.88 Å². The molecular weight excluding hydrogens is 248 g/mol. The van der Waals surface area contributed by atoms with Crippen LogP contribution in [-0.2, 0) is 0 Å². The van der Waals surface area contributed by atoms with Crippen molar-refractivity contribution >= 4 is 17.3 Å². The molecular formula is C12H16N4OS. The molecule has 0 radical (unpaired) electrons. The number of allylic oxidation sites excluding steroid dienone is 2. The van der Waals surface area contributed by atoms with Gasteiger partial charge in [0.1, 0.15) is 0 Å². The minimum Gasteiger partial charge on any atom is -0.452 e. The van der Waals surface area contributed by atoms with Gasteiger partial charge in [-0.05, 0) is 38.9 Å². The van der Waals surface area contributed by atoms with Gasteiger partial charge >= 0.3 is 0 Å². The highest BCUT2D eigenvalue weighted by Crippen LogP contribution is 2.36. The predicted molar refractivity (Wildman–Crippen MR) is 70.2 cm³/mol. The second-order valence-electron chi connectivity index (χ2n) is 4.52. The molecule has 2 aliphatic rings. The van der Waals surface area contributed by atoms with Crippen molar-refractivity contribution in [3.63, 3.8) is 0 Å². The van der Waals surface area contributed by atoms with Gasteiger partial charge in [0.05, 0.1) is 0 Å². The molecule has 5 nitrogen and oxygen atoms in total. The number of rotatable bonds is 1. The topological polar surface area (TPSA) is 59.9 Å². The number of hydrogen-bond donors (Lipinski definition) is 1. The summed E-state index contributed by atoms with van der Waals surface area (Å²) in [7, 11) is 0. The number of aromatic nitrogens is 3. The van der Waals surface area contributed by atoms with Gasteiger partial charge in [-0.2, -0.15) is 4.98 Å². The Hall–Kier alpha value is -1.30. The van der Waals surface area contributed by atoms with Crippen molar-refractivity contribution in [1.29, 1.82) is 0 Å². The fourth-order valence-corrected chi connectivity index (χ4v) is 2.72. The fourth-order valence-electron chi connectivity index (χ4n) is 2.42. The summed E-state index contributed by atoms with van der Waals surface area (Å²) in [6.07, 6.45) is 6.38. The monoisotopic (exact) mass is 264 g/mol. The van der Waals surface area contributed by atoms with Crippen molar-refractivity contribution in [3.05, 3.63) is 11.4 Å². The highest BCUT2D eigenvalue weighted by atomic mass is 32.2.